The molecule has 0 atom stereocenters. The number of hydrogen-bond acceptors (Lipinski definition) is 3. The summed E-state index contributed by atoms with van der Waals surface area (Å²) in [5, 5.41) is 10.9. The zero-order valence-electron chi connectivity index (χ0n) is 12.4. The van der Waals surface area contributed by atoms with E-state index in [-0.39, 0.29) is 6.10 Å². The summed E-state index contributed by atoms with van der Waals surface area (Å²) < 4.78 is 6.34. The molecule has 0 unspecified atom stereocenters. The minimum absolute atomic E-state index is 0.195. The molecule has 4 heteroatoms. The monoisotopic (exact) mass is 301 g/mol. The highest BCUT2D eigenvalue weighted by Crippen LogP contribution is 2.31. The number of H-pyrrole nitrogens is 1. The van der Waals surface area contributed by atoms with Gasteiger partial charge in [-0.25, -0.2) is 0 Å². The van der Waals surface area contributed by atoms with Crippen LogP contribution in [0.5, 0.6) is 5.75 Å². The molecule has 0 bridgehead atoms. The number of benzene rings is 3. The smallest absolute Gasteiger partial charge is 0.154 e. The summed E-state index contributed by atoms with van der Waals surface area (Å²) in [7, 11) is 0. The molecule has 1 heterocycles. The Labute approximate surface area is 133 Å². The van der Waals surface area contributed by atoms with Crippen LogP contribution in [-0.2, 0) is 0 Å². The lowest BCUT2D eigenvalue weighted by Gasteiger charge is -2.20. The maximum atomic E-state index is 6.34. The molecule has 0 radical (unpaired) electrons. The van der Waals surface area contributed by atoms with Gasteiger partial charge in [-0.3, -0.25) is 5.10 Å². The number of hydrogen-bond donors (Lipinski definition) is 1. The van der Waals surface area contributed by atoms with E-state index >= 15 is 0 Å². The molecule has 4 aromatic rings. The minimum Gasteiger partial charge on any atom is -0.479 e. The van der Waals surface area contributed by atoms with Crippen LogP contribution in [0.4, 0.5) is 0 Å². The average molecular weight is 301 g/mol. The molecule has 0 aliphatic rings. The van der Waals surface area contributed by atoms with Crippen LogP contribution >= 0.6 is 0 Å². The van der Waals surface area contributed by atoms with Crippen molar-refractivity contribution in [2.45, 2.75) is 6.10 Å². The van der Waals surface area contributed by atoms with Gasteiger partial charge in [-0.15, -0.1) is 5.10 Å². The molecule has 112 valence electrons. The van der Waals surface area contributed by atoms with Crippen LogP contribution in [-0.4, -0.2) is 15.4 Å². The third-order valence-electron chi connectivity index (χ3n) is 3.77. The summed E-state index contributed by atoms with van der Waals surface area (Å²) in [5.41, 5.74) is 3.80. The summed E-state index contributed by atoms with van der Waals surface area (Å²) in [6.07, 6.45) is -0.195. The Morgan fingerprint density at radius 1 is 0.739 bits per heavy atom. The molecule has 0 aliphatic carbocycles. The van der Waals surface area contributed by atoms with Crippen molar-refractivity contribution in [3.8, 4) is 5.75 Å². The highest BCUT2D eigenvalue weighted by molar-refractivity contribution is 5.80. The first-order valence-corrected chi connectivity index (χ1v) is 7.48. The predicted octanol–water partition coefficient (Wildman–Crippen LogP) is 4.13. The fourth-order valence-electron chi connectivity index (χ4n) is 2.65. The molecule has 0 fully saturated rings. The Kier molecular flexibility index (Phi) is 3.48. The van der Waals surface area contributed by atoms with E-state index < -0.39 is 0 Å². The lowest BCUT2D eigenvalue weighted by atomic mass is 10.0. The Balaban J connectivity index is 1.79. The van der Waals surface area contributed by atoms with Crippen LogP contribution in [0.25, 0.3) is 11.0 Å². The number of aromatic nitrogens is 3. The van der Waals surface area contributed by atoms with E-state index in [1.807, 2.05) is 54.6 Å². The summed E-state index contributed by atoms with van der Waals surface area (Å²) in [6, 6.07) is 26.2. The van der Waals surface area contributed by atoms with Crippen LogP contribution in [0.15, 0.2) is 78.9 Å². The Morgan fingerprint density at radius 2 is 1.39 bits per heavy atom. The fourth-order valence-corrected chi connectivity index (χ4v) is 2.65. The lowest BCUT2D eigenvalue weighted by Crippen LogP contribution is -2.09. The molecule has 3 aromatic carbocycles. The zero-order chi connectivity index (χ0) is 15.5. The second-order valence-electron chi connectivity index (χ2n) is 5.28. The largest absolute Gasteiger partial charge is 0.479 e. The standard InChI is InChI=1S/C19H15N3O/c1-3-8-14(9-4-1)19(15-10-5-2-6-11-15)23-17-13-7-12-16-18(17)21-22-20-16/h1-13,19H,(H,20,21,22). The molecule has 0 saturated heterocycles. The maximum Gasteiger partial charge on any atom is 0.154 e. The molecule has 1 N–H and O–H groups in total. The normalized spacial score (nSPS) is 11.0. The Bertz CT molecular complexity index is 864. The second-order valence-corrected chi connectivity index (χ2v) is 5.28. The molecule has 0 amide bonds. The molecule has 0 saturated carbocycles. The van der Waals surface area contributed by atoms with Gasteiger partial charge in [-0.05, 0) is 23.3 Å². The van der Waals surface area contributed by atoms with Crippen molar-refractivity contribution in [1.82, 2.24) is 15.4 Å². The maximum absolute atomic E-state index is 6.34. The van der Waals surface area contributed by atoms with E-state index in [9.17, 15) is 0 Å². The predicted molar refractivity (Wildman–Crippen MR) is 89.2 cm³/mol. The molecule has 4 nitrogen and oxygen atoms in total. The van der Waals surface area contributed by atoms with Crippen LogP contribution < -0.4 is 4.74 Å². The molecular formula is C19H15N3O. The van der Waals surface area contributed by atoms with E-state index in [0.29, 0.717) is 5.75 Å². The number of fused-ring (bicyclic) bond motifs is 1. The van der Waals surface area contributed by atoms with Crippen LogP contribution in [0, 0.1) is 0 Å². The van der Waals surface area contributed by atoms with Crippen LogP contribution in [0.2, 0.25) is 0 Å². The van der Waals surface area contributed by atoms with Crippen molar-refractivity contribution < 1.29 is 4.74 Å². The van der Waals surface area contributed by atoms with Crippen LogP contribution in [0.3, 0.4) is 0 Å². The Morgan fingerprint density at radius 3 is 2.04 bits per heavy atom. The summed E-state index contributed by atoms with van der Waals surface area (Å²) in [4.78, 5) is 0. The first-order chi connectivity index (χ1) is 11.4. The average Bonchev–Trinajstić information content (AvgIpc) is 3.11. The number of nitrogens with zero attached hydrogens (tertiary/aromatic N) is 2. The van der Waals surface area contributed by atoms with Gasteiger partial charge in [0.1, 0.15) is 6.10 Å². The molecule has 0 aliphatic heterocycles. The van der Waals surface area contributed by atoms with Gasteiger partial charge in [0.2, 0.25) is 0 Å². The van der Waals surface area contributed by atoms with Gasteiger partial charge in [-0.1, -0.05) is 71.9 Å². The van der Waals surface area contributed by atoms with E-state index in [0.717, 1.165) is 22.2 Å². The van der Waals surface area contributed by atoms with Gasteiger partial charge in [0.05, 0.1) is 5.52 Å². The van der Waals surface area contributed by atoms with E-state index in [1.165, 1.54) is 0 Å². The first-order valence-electron chi connectivity index (χ1n) is 7.48. The van der Waals surface area contributed by atoms with Gasteiger partial charge >= 0.3 is 0 Å². The molecular weight excluding hydrogens is 286 g/mol. The zero-order valence-corrected chi connectivity index (χ0v) is 12.4. The third-order valence-corrected chi connectivity index (χ3v) is 3.77. The third kappa shape index (κ3) is 2.66. The number of ether oxygens (including phenoxy) is 1. The van der Waals surface area contributed by atoms with Crippen molar-refractivity contribution in [3.05, 3.63) is 90.0 Å². The number of aromatic amines is 1. The molecule has 0 spiro atoms. The summed E-state index contributed by atoms with van der Waals surface area (Å²) in [5.74, 6) is 0.717. The fraction of sp³-hybridized carbons (Fsp3) is 0.0526. The van der Waals surface area contributed by atoms with Crippen molar-refractivity contribution in [1.29, 1.82) is 0 Å². The number of rotatable bonds is 4. The van der Waals surface area contributed by atoms with Crippen molar-refractivity contribution in [3.63, 3.8) is 0 Å². The van der Waals surface area contributed by atoms with E-state index in [2.05, 4.69) is 39.7 Å². The van der Waals surface area contributed by atoms with Gasteiger partial charge in [0.15, 0.2) is 11.3 Å². The van der Waals surface area contributed by atoms with Crippen molar-refractivity contribution in [2.75, 3.05) is 0 Å². The van der Waals surface area contributed by atoms with E-state index in [1.54, 1.807) is 0 Å². The summed E-state index contributed by atoms with van der Waals surface area (Å²) in [6.45, 7) is 0. The Hall–Kier alpha value is -3.14. The highest BCUT2D eigenvalue weighted by atomic mass is 16.5. The lowest BCUT2D eigenvalue weighted by molar-refractivity contribution is 0.250. The summed E-state index contributed by atoms with van der Waals surface area (Å²) >= 11 is 0. The van der Waals surface area contributed by atoms with E-state index in [4.69, 9.17) is 4.74 Å². The van der Waals surface area contributed by atoms with Crippen molar-refractivity contribution in [2.24, 2.45) is 0 Å². The van der Waals surface area contributed by atoms with Gasteiger partial charge < -0.3 is 4.74 Å². The van der Waals surface area contributed by atoms with Gasteiger partial charge in [0.25, 0.3) is 0 Å². The van der Waals surface area contributed by atoms with Gasteiger partial charge in [-0.2, -0.15) is 0 Å². The quantitative estimate of drug-likeness (QED) is 0.616. The SMILES string of the molecule is c1ccc(C(Oc2cccc3[nH]nnc23)c2ccccc2)cc1. The minimum atomic E-state index is -0.195. The molecule has 23 heavy (non-hydrogen) atoms. The number of nitrogens with one attached hydrogen (secondary N) is 1. The highest BCUT2D eigenvalue weighted by Gasteiger charge is 2.17. The second kappa shape index (κ2) is 5.93. The van der Waals surface area contributed by atoms with Gasteiger partial charge in [0, 0.05) is 0 Å². The topological polar surface area (TPSA) is 50.8 Å². The molecule has 1 aromatic heterocycles. The van der Waals surface area contributed by atoms with Crippen molar-refractivity contribution >= 4 is 11.0 Å². The van der Waals surface area contributed by atoms with Crippen LogP contribution in [0.1, 0.15) is 17.2 Å². The first kappa shape index (κ1) is 13.5. The molecule has 4 rings (SSSR count).